The molecule has 0 bridgehead atoms. The molecule has 1 aliphatic heterocycles. The second-order valence-electron chi connectivity index (χ2n) is 7.09. The second-order valence-corrected chi connectivity index (χ2v) is 7.09. The van der Waals surface area contributed by atoms with Crippen molar-refractivity contribution >= 4 is 17.4 Å². The summed E-state index contributed by atoms with van der Waals surface area (Å²) in [7, 11) is 0. The molecule has 5 nitrogen and oxygen atoms in total. The van der Waals surface area contributed by atoms with E-state index in [0.29, 0.717) is 13.1 Å². The lowest BCUT2D eigenvalue weighted by Gasteiger charge is -2.36. The fourth-order valence-electron chi connectivity index (χ4n) is 3.25. The van der Waals surface area contributed by atoms with E-state index in [2.05, 4.69) is 35.3 Å². The first kappa shape index (κ1) is 19.1. The van der Waals surface area contributed by atoms with E-state index in [1.165, 1.54) is 5.56 Å². The third-order valence-electron chi connectivity index (χ3n) is 4.75. The molecule has 0 spiro atoms. The number of piperazine rings is 1. The maximum absolute atomic E-state index is 12.5. The van der Waals surface area contributed by atoms with Crippen LogP contribution in [0.2, 0.25) is 0 Å². The van der Waals surface area contributed by atoms with Crippen LogP contribution in [-0.2, 0) is 6.42 Å². The number of carbonyl (C=O) groups excluding carboxylic acids is 1. The molecule has 0 atom stereocenters. The number of rotatable bonds is 5. The van der Waals surface area contributed by atoms with Crippen LogP contribution < -0.4 is 15.0 Å². The predicted octanol–water partition coefficient (Wildman–Crippen LogP) is 4.39. The molecule has 1 fully saturated rings. The molecular weight excluding hydrogens is 338 g/mol. The third-order valence-corrected chi connectivity index (χ3v) is 4.75. The zero-order valence-electron chi connectivity index (χ0n) is 16.4. The lowest BCUT2D eigenvalue weighted by Crippen LogP contribution is -2.50. The molecule has 0 aliphatic carbocycles. The van der Waals surface area contributed by atoms with Crippen LogP contribution in [0.5, 0.6) is 5.75 Å². The van der Waals surface area contributed by atoms with E-state index in [4.69, 9.17) is 4.74 Å². The SMILES string of the molecule is CCc1ccc(NC(=O)N2CCN(c3ccccc3OC(C)C)CC2)cc1. The minimum absolute atomic E-state index is 0.0365. The highest BCUT2D eigenvalue weighted by Gasteiger charge is 2.23. The van der Waals surface area contributed by atoms with E-state index >= 15 is 0 Å². The maximum atomic E-state index is 12.5. The van der Waals surface area contributed by atoms with E-state index < -0.39 is 0 Å². The molecule has 2 aromatic rings. The Kier molecular flexibility index (Phi) is 6.22. The first-order valence-corrected chi connectivity index (χ1v) is 9.72. The van der Waals surface area contributed by atoms with Gasteiger partial charge < -0.3 is 19.9 Å². The predicted molar refractivity (Wildman–Crippen MR) is 111 cm³/mol. The molecule has 1 aliphatic rings. The number of aryl methyl sites for hydroxylation is 1. The fourth-order valence-corrected chi connectivity index (χ4v) is 3.25. The second kappa shape index (κ2) is 8.80. The molecule has 3 rings (SSSR count). The summed E-state index contributed by atoms with van der Waals surface area (Å²) in [6, 6.07) is 16.1. The first-order chi connectivity index (χ1) is 13.1. The van der Waals surface area contributed by atoms with E-state index in [0.717, 1.165) is 36.6 Å². The van der Waals surface area contributed by atoms with Gasteiger partial charge in [-0.15, -0.1) is 0 Å². The summed E-state index contributed by atoms with van der Waals surface area (Å²) >= 11 is 0. The molecule has 1 N–H and O–H groups in total. The lowest BCUT2D eigenvalue weighted by atomic mass is 10.1. The van der Waals surface area contributed by atoms with Gasteiger partial charge in [0.25, 0.3) is 0 Å². The standard InChI is InChI=1S/C22H29N3O2/c1-4-18-9-11-19(12-10-18)23-22(26)25-15-13-24(14-16-25)20-7-5-6-8-21(20)27-17(2)3/h5-12,17H,4,13-16H2,1-3H3,(H,23,26). The van der Waals surface area contributed by atoms with Gasteiger partial charge in [0.2, 0.25) is 0 Å². The Hall–Kier alpha value is -2.69. The third kappa shape index (κ3) is 4.94. The van der Waals surface area contributed by atoms with E-state index in [9.17, 15) is 4.79 Å². The zero-order valence-corrected chi connectivity index (χ0v) is 16.4. The highest BCUT2D eigenvalue weighted by molar-refractivity contribution is 5.89. The molecule has 1 heterocycles. The Bertz CT molecular complexity index is 750. The average Bonchev–Trinajstić information content (AvgIpc) is 2.69. The molecule has 0 unspecified atom stereocenters. The molecule has 2 aromatic carbocycles. The van der Waals surface area contributed by atoms with Crippen molar-refractivity contribution in [1.29, 1.82) is 0 Å². The van der Waals surface area contributed by atoms with Crippen molar-refractivity contribution in [2.45, 2.75) is 33.3 Å². The molecule has 2 amide bonds. The summed E-state index contributed by atoms with van der Waals surface area (Å²) in [5.41, 5.74) is 3.21. The number of para-hydroxylation sites is 2. The number of ether oxygens (including phenoxy) is 1. The normalized spacial score (nSPS) is 14.4. The van der Waals surface area contributed by atoms with Crippen LogP contribution in [-0.4, -0.2) is 43.2 Å². The smallest absolute Gasteiger partial charge is 0.321 e. The van der Waals surface area contributed by atoms with Crippen LogP contribution in [0.1, 0.15) is 26.3 Å². The van der Waals surface area contributed by atoms with Crippen LogP contribution in [0.4, 0.5) is 16.2 Å². The molecule has 27 heavy (non-hydrogen) atoms. The molecule has 5 heteroatoms. The number of carbonyl (C=O) groups is 1. The largest absolute Gasteiger partial charge is 0.489 e. The summed E-state index contributed by atoms with van der Waals surface area (Å²) in [5.74, 6) is 0.904. The van der Waals surface area contributed by atoms with E-state index in [-0.39, 0.29) is 12.1 Å². The van der Waals surface area contributed by atoms with Crippen molar-refractivity contribution in [3.05, 3.63) is 54.1 Å². The quantitative estimate of drug-likeness (QED) is 0.852. The van der Waals surface area contributed by atoms with Gasteiger partial charge in [-0.3, -0.25) is 0 Å². The maximum Gasteiger partial charge on any atom is 0.321 e. The number of benzene rings is 2. The number of nitrogens with one attached hydrogen (secondary N) is 1. The van der Waals surface area contributed by atoms with Gasteiger partial charge in [0.15, 0.2) is 0 Å². The Morgan fingerprint density at radius 1 is 1.04 bits per heavy atom. The van der Waals surface area contributed by atoms with Crippen LogP contribution in [0.3, 0.4) is 0 Å². The number of urea groups is 1. The monoisotopic (exact) mass is 367 g/mol. The Morgan fingerprint density at radius 2 is 1.70 bits per heavy atom. The molecule has 1 saturated heterocycles. The molecule has 0 saturated carbocycles. The van der Waals surface area contributed by atoms with Gasteiger partial charge in [-0.1, -0.05) is 31.2 Å². The van der Waals surface area contributed by atoms with Crippen LogP contribution in [0.25, 0.3) is 0 Å². The van der Waals surface area contributed by atoms with Crippen molar-refractivity contribution in [3.63, 3.8) is 0 Å². The van der Waals surface area contributed by atoms with Gasteiger partial charge in [-0.2, -0.15) is 0 Å². The van der Waals surface area contributed by atoms with Crippen molar-refractivity contribution in [2.24, 2.45) is 0 Å². The average molecular weight is 367 g/mol. The van der Waals surface area contributed by atoms with Crippen LogP contribution in [0, 0.1) is 0 Å². The van der Waals surface area contributed by atoms with Crippen LogP contribution in [0.15, 0.2) is 48.5 Å². The van der Waals surface area contributed by atoms with Gasteiger partial charge in [-0.05, 0) is 50.1 Å². The van der Waals surface area contributed by atoms with Gasteiger partial charge >= 0.3 is 6.03 Å². The Balaban J connectivity index is 1.57. The van der Waals surface area contributed by atoms with Crippen molar-refractivity contribution in [2.75, 3.05) is 36.4 Å². The summed E-state index contributed by atoms with van der Waals surface area (Å²) in [6.07, 6.45) is 1.13. The number of nitrogens with zero attached hydrogens (tertiary/aromatic N) is 2. The molecule has 0 radical (unpaired) electrons. The van der Waals surface area contributed by atoms with Crippen molar-refractivity contribution in [3.8, 4) is 5.75 Å². The zero-order chi connectivity index (χ0) is 19.2. The van der Waals surface area contributed by atoms with Gasteiger partial charge in [0.05, 0.1) is 11.8 Å². The minimum atomic E-state index is -0.0365. The minimum Gasteiger partial charge on any atom is -0.489 e. The van der Waals surface area contributed by atoms with Gasteiger partial charge in [0.1, 0.15) is 5.75 Å². The summed E-state index contributed by atoms with van der Waals surface area (Å²) in [5, 5.41) is 3.00. The number of amides is 2. The highest BCUT2D eigenvalue weighted by atomic mass is 16.5. The number of hydrogen-bond acceptors (Lipinski definition) is 3. The summed E-state index contributed by atoms with van der Waals surface area (Å²) in [6.45, 7) is 9.15. The van der Waals surface area contributed by atoms with Crippen LogP contribution >= 0.6 is 0 Å². The Labute approximate surface area is 161 Å². The molecule has 144 valence electrons. The lowest BCUT2D eigenvalue weighted by molar-refractivity contribution is 0.207. The van der Waals surface area contributed by atoms with Crippen molar-refractivity contribution in [1.82, 2.24) is 4.90 Å². The number of anilines is 2. The first-order valence-electron chi connectivity index (χ1n) is 9.72. The Morgan fingerprint density at radius 3 is 2.33 bits per heavy atom. The van der Waals surface area contributed by atoms with Gasteiger partial charge in [-0.25, -0.2) is 4.79 Å². The van der Waals surface area contributed by atoms with E-state index in [1.807, 2.05) is 49.1 Å². The van der Waals surface area contributed by atoms with Gasteiger partial charge in [0, 0.05) is 31.9 Å². The molecular formula is C22H29N3O2. The topological polar surface area (TPSA) is 44.8 Å². The summed E-state index contributed by atoms with van der Waals surface area (Å²) in [4.78, 5) is 16.7. The van der Waals surface area contributed by atoms with E-state index in [1.54, 1.807) is 0 Å². The molecule has 0 aromatic heterocycles. The highest BCUT2D eigenvalue weighted by Crippen LogP contribution is 2.29. The summed E-state index contributed by atoms with van der Waals surface area (Å²) < 4.78 is 5.94. The number of hydrogen-bond donors (Lipinski definition) is 1. The van der Waals surface area contributed by atoms with Crippen molar-refractivity contribution < 1.29 is 9.53 Å². The fraction of sp³-hybridized carbons (Fsp3) is 0.409.